The van der Waals surface area contributed by atoms with Gasteiger partial charge in [0.1, 0.15) is 0 Å². The van der Waals surface area contributed by atoms with Gasteiger partial charge in [-0.15, -0.1) is 6.58 Å². The molecule has 0 fully saturated rings. The number of likely N-dealkylation sites (N-methyl/N-ethyl adjacent to an activating group) is 1. The van der Waals surface area contributed by atoms with Crippen LogP contribution >= 0.6 is 0 Å². The monoisotopic (exact) mass is 278 g/mol. The Kier molecular flexibility index (Phi) is 4.45. The summed E-state index contributed by atoms with van der Waals surface area (Å²) in [5.74, 6) is 0. The molecule has 1 aromatic carbocycles. The molecule has 108 valence electrons. The molecule has 0 heterocycles. The fourth-order valence-corrected chi connectivity index (χ4v) is 2.85. The van der Waals surface area contributed by atoms with Crippen LogP contribution in [-0.4, -0.2) is 12.6 Å². The first-order valence-electron chi connectivity index (χ1n) is 7.23. The number of hydrogen-bond donors (Lipinski definition) is 1. The highest BCUT2D eigenvalue weighted by Gasteiger charge is 2.28. The Balaban J connectivity index is 2.28. The zero-order valence-corrected chi connectivity index (χ0v) is 13.0. The van der Waals surface area contributed by atoms with Crippen molar-refractivity contribution in [2.75, 3.05) is 7.05 Å². The van der Waals surface area contributed by atoms with Crippen LogP contribution in [0.15, 0.2) is 54.1 Å². The molecule has 2 rings (SSSR count). The van der Waals surface area contributed by atoms with E-state index in [1.165, 1.54) is 16.7 Å². The molecule has 1 N–H and O–H groups in total. The zero-order valence-electron chi connectivity index (χ0n) is 13.0. The molecule has 0 aromatic heterocycles. The standard InChI is InChI=1S/C19H22N2/c1-14(2)12-19(3,21-4)18-9-8-17(11-18)16-7-5-6-15(10-16)13-20/h5-8,10-11,21H,1,9,12H2,2-4H3. The minimum Gasteiger partial charge on any atom is -0.311 e. The lowest BCUT2D eigenvalue weighted by molar-refractivity contribution is 0.442. The van der Waals surface area contributed by atoms with Crippen molar-refractivity contribution in [2.45, 2.75) is 32.2 Å². The van der Waals surface area contributed by atoms with Gasteiger partial charge in [-0.3, -0.25) is 0 Å². The minimum absolute atomic E-state index is 0.0586. The summed E-state index contributed by atoms with van der Waals surface area (Å²) in [6.45, 7) is 8.32. The van der Waals surface area contributed by atoms with Crippen molar-refractivity contribution in [3.8, 4) is 6.07 Å². The molecule has 1 unspecified atom stereocenters. The van der Waals surface area contributed by atoms with E-state index in [1.54, 1.807) is 0 Å². The van der Waals surface area contributed by atoms with Gasteiger partial charge in [0, 0.05) is 5.54 Å². The van der Waals surface area contributed by atoms with Crippen LogP contribution in [0, 0.1) is 11.3 Å². The van der Waals surface area contributed by atoms with Crippen molar-refractivity contribution in [2.24, 2.45) is 0 Å². The van der Waals surface area contributed by atoms with Crippen molar-refractivity contribution < 1.29 is 0 Å². The molecule has 1 atom stereocenters. The lowest BCUT2D eigenvalue weighted by atomic mass is 9.85. The molecule has 0 spiro atoms. The fraction of sp³-hybridized carbons (Fsp3) is 0.316. The number of nitrogens with zero attached hydrogens (tertiary/aromatic N) is 1. The summed E-state index contributed by atoms with van der Waals surface area (Å²) in [6, 6.07) is 9.97. The van der Waals surface area contributed by atoms with Crippen LogP contribution in [0.1, 0.15) is 37.8 Å². The number of rotatable bonds is 5. The second-order valence-corrected chi connectivity index (χ2v) is 5.94. The summed E-state index contributed by atoms with van der Waals surface area (Å²) in [7, 11) is 2.00. The number of benzene rings is 1. The molecule has 1 aromatic rings. The molecule has 2 heteroatoms. The largest absolute Gasteiger partial charge is 0.311 e. The van der Waals surface area contributed by atoms with Gasteiger partial charge in [-0.25, -0.2) is 0 Å². The number of nitriles is 1. The van der Waals surface area contributed by atoms with Gasteiger partial charge in [0.25, 0.3) is 0 Å². The summed E-state index contributed by atoms with van der Waals surface area (Å²) in [5.41, 5.74) is 5.49. The molecule has 0 radical (unpaired) electrons. The van der Waals surface area contributed by atoms with Crippen molar-refractivity contribution in [3.05, 3.63) is 65.3 Å². The van der Waals surface area contributed by atoms with Crippen LogP contribution in [-0.2, 0) is 0 Å². The second-order valence-electron chi connectivity index (χ2n) is 5.94. The quantitative estimate of drug-likeness (QED) is 0.819. The number of nitrogens with one attached hydrogen (secondary N) is 1. The van der Waals surface area contributed by atoms with Crippen LogP contribution in [0.3, 0.4) is 0 Å². The van der Waals surface area contributed by atoms with Crippen LogP contribution in [0.2, 0.25) is 0 Å². The molecule has 0 bridgehead atoms. The third-order valence-electron chi connectivity index (χ3n) is 4.11. The van der Waals surface area contributed by atoms with E-state index in [4.69, 9.17) is 5.26 Å². The number of hydrogen-bond acceptors (Lipinski definition) is 2. The van der Waals surface area contributed by atoms with Crippen molar-refractivity contribution in [1.29, 1.82) is 5.26 Å². The predicted molar refractivity (Wildman–Crippen MR) is 88.7 cm³/mol. The molecular formula is C19H22N2. The van der Waals surface area contributed by atoms with Crippen LogP contribution in [0.25, 0.3) is 5.57 Å². The molecule has 0 amide bonds. The summed E-state index contributed by atoms with van der Waals surface area (Å²) >= 11 is 0. The summed E-state index contributed by atoms with van der Waals surface area (Å²) < 4.78 is 0. The molecule has 21 heavy (non-hydrogen) atoms. The Hall–Kier alpha value is -2.11. The Morgan fingerprint density at radius 2 is 2.24 bits per heavy atom. The maximum atomic E-state index is 9.02. The van der Waals surface area contributed by atoms with E-state index >= 15 is 0 Å². The average Bonchev–Trinajstić information content (AvgIpc) is 2.97. The van der Waals surface area contributed by atoms with Gasteiger partial charge in [0.15, 0.2) is 0 Å². The van der Waals surface area contributed by atoms with Gasteiger partial charge in [-0.05, 0) is 62.6 Å². The molecule has 0 aliphatic heterocycles. The summed E-state index contributed by atoms with van der Waals surface area (Å²) in [4.78, 5) is 0. The van der Waals surface area contributed by atoms with Crippen LogP contribution in [0.5, 0.6) is 0 Å². The van der Waals surface area contributed by atoms with Crippen LogP contribution in [0.4, 0.5) is 0 Å². The van der Waals surface area contributed by atoms with Crippen molar-refractivity contribution >= 4 is 5.57 Å². The Bertz CT molecular complexity index is 658. The topological polar surface area (TPSA) is 35.8 Å². The van der Waals surface area contributed by atoms with E-state index < -0.39 is 0 Å². The molecule has 0 saturated heterocycles. The Morgan fingerprint density at radius 1 is 1.48 bits per heavy atom. The van der Waals surface area contributed by atoms with Gasteiger partial charge in [0.2, 0.25) is 0 Å². The van der Waals surface area contributed by atoms with Crippen LogP contribution < -0.4 is 5.32 Å². The highest BCUT2D eigenvalue weighted by molar-refractivity contribution is 5.78. The average molecular weight is 278 g/mol. The Morgan fingerprint density at radius 3 is 2.86 bits per heavy atom. The van der Waals surface area contributed by atoms with E-state index in [0.717, 1.165) is 18.4 Å². The van der Waals surface area contributed by atoms with E-state index in [1.807, 2.05) is 25.2 Å². The summed E-state index contributed by atoms with van der Waals surface area (Å²) in [6.07, 6.45) is 6.35. The normalized spacial score (nSPS) is 16.7. The molecular weight excluding hydrogens is 256 g/mol. The van der Waals surface area contributed by atoms with E-state index in [9.17, 15) is 0 Å². The molecule has 1 aliphatic rings. The van der Waals surface area contributed by atoms with Gasteiger partial charge < -0.3 is 5.32 Å². The highest BCUT2D eigenvalue weighted by atomic mass is 14.9. The van der Waals surface area contributed by atoms with E-state index in [2.05, 4.69) is 50.0 Å². The van der Waals surface area contributed by atoms with Gasteiger partial charge in [-0.1, -0.05) is 29.9 Å². The zero-order chi connectivity index (χ0) is 15.5. The van der Waals surface area contributed by atoms with Gasteiger partial charge >= 0.3 is 0 Å². The summed E-state index contributed by atoms with van der Waals surface area (Å²) in [5, 5.41) is 12.5. The molecule has 0 saturated carbocycles. The predicted octanol–water partition coefficient (Wildman–Crippen LogP) is 4.22. The molecule has 2 nitrogen and oxygen atoms in total. The fourth-order valence-electron chi connectivity index (χ4n) is 2.85. The Labute approximate surface area is 127 Å². The third-order valence-corrected chi connectivity index (χ3v) is 4.11. The SMILES string of the molecule is C=C(C)CC(C)(NC)C1=CC(c2cccc(C#N)c2)=CC1. The number of allylic oxidation sites excluding steroid dienone is 3. The minimum atomic E-state index is -0.0586. The highest BCUT2D eigenvalue weighted by Crippen LogP contribution is 2.35. The maximum Gasteiger partial charge on any atom is 0.0991 e. The first kappa shape index (κ1) is 15.3. The first-order valence-corrected chi connectivity index (χ1v) is 7.23. The molecule has 1 aliphatic carbocycles. The third kappa shape index (κ3) is 3.32. The van der Waals surface area contributed by atoms with E-state index in [0.29, 0.717) is 5.56 Å². The van der Waals surface area contributed by atoms with Gasteiger partial charge in [0.05, 0.1) is 11.6 Å². The van der Waals surface area contributed by atoms with Gasteiger partial charge in [-0.2, -0.15) is 5.26 Å². The second kappa shape index (κ2) is 6.11. The van der Waals surface area contributed by atoms with Crippen molar-refractivity contribution in [1.82, 2.24) is 5.32 Å². The van der Waals surface area contributed by atoms with E-state index in [-0.39, 0.29) is 5.54 Å². The maximum absolute atomic E-state index is 9.02. The smallest absolute Gasteiger partial charge is 0.0991 e. The van der Waals surface area contributed by atoms with Crippen molar-refractivity contribution in [3.63, 3.8) is 0 Å². The first-order chi connectivity index (χ1) is 9.98. The lowest BCUT2D eigenvalue weighted by Crippen LogP contribution is -2.41. The lowest BCUT2D eigenvalue weighted by Gasteiger charge is -2.31.